The normalized spacial score (nSPS) is 10.8. The molecule has 2 N–H and O–H groups in total. The van der Waals surface area contributed by atoms with E-state index in [1.54, 1.807) is 24.3 Å². The van der Waals surface area contributed by atoms with E-state index in [1.807, 2.05) is 0 Å². The first-order valence-electron chi connectivity index (χ1n) is 6.43. The summed E-state index contributed by atoms with van der Waals surface area (Å²) in [5.41, 5.74) is -0.563. The largest absolute Gasteiger partial charge is 0.497 e. The zero-order valence-corrected chi connectivity index (χ0v) is 11.6. The highest BCUT2D eigenvalue weighted by molar-refractivity contribution is 5.96. The van der Waals surface area contributed by atoms with Crippen molar-refractivity contribution in [2.24, 2.45) is 0 Å². The maximum absolute atomic E-state index is 12.3. The first kappa shape index (κ1) is 13.8. The number of rotatable bonds is 4. The number of hydrogen-bond donors (Lipinski definition) is 2. The molecule has 2 aromatic heterocycles. The lowest BCUT2D eigenvalue weighted by Crippen LogP contribution is -2.32. The summed E-state index contributed by atoms with van der Waals surface area (Å²) >= 11 is 0. The van der Waals surface area contributed by atoms with E-state index in [-0.39, 0.29) is 23.4 Å². The molecule has 112 valence electrons. The number of imidazole rings is 1. The van der Waals surface area contributed by atoms with Gasteiger partial charge in [0.25, 0.3) is 11.1 Å². The Kier molecular flexibility index (Phi) is 3.34. The number of ether oxygens (including phenoxy) is 1. The topological polar surface area (TPSA) is 110 Å². The van der Waals surface area contributed by atoms with Crippen molar-refractivity contribution in [2.75, 3.05) is 7.11 Å². The zero-order chi connectivity index (χ0) is 15.7. The van der Waals surface area contributed by atoms with Crippen LogP contribution in [0, 0.1) is 0 Å². The Morgan fingerprint density at radius 2 is 2.18 bits per heavy atom. The Balaban J connectivity index is 1.99. The molecule has 3 aromatic rings. The Labute approximate surface area is 123 Å². The first-order valence-corrected chi connectivity index (χ1v) is 6.43. The second-order valence-corrected chi connectivity index (χ2v) is 4.61. The van der Waals surface area contributed by atoms with Crippen molar-refractivity contribution in [1.82, 2.24) is 19.7 Å². The number of aromatic amines is 2. The maximum atomic E-state index is 12.3. The molecule has 8 heteroatoms. The summed E-state index contributed by atoms with van der Waals surface area (Å²) in [6, 6.07) is 6.57. The summed E-state index contributed by atoms with van der Waals surface area (Å²) in [5.74, 6) is 0.214. The Morgan fingerprint density at radius 3 is 2.95 bits per heavy atom. The molecule has 0 fully saturated rings. The van der Waals surface area contributed by atoms with Crippen LogP contribution in [0.15, 0.2) is 40.2 Å². The van der Waals surface area contributed by atoms with Crippen molar-refractivity contribution in [3.63, 3.8) is 0 Å². The van der Waals surface area contributed by atoms with Gasteiger partial charge in [0.05, 0.1) is 13.4 Å². The number of carbonyl (C=O) groups excluding carboxylic acids is 1. The standard InChI is InChI=1S/C14H12N4O4/c1-22-9-4-2-3-8(5-9)10(19)6-18-14(21)12-11(13(20)17-18)15-7-16-12/h2-5,7H,6H2,1H3,(H,15,16)(H,17,20). The molecule has 1 aromatic carbocycles. The number of methoxy groups -OCH3 is 1. The smallest absolute Gasteiger partial charge is 0.291 e. The molecular weight excluding hydrogens is 288 g/mol. The summed E-state index contributed by atoms with van der Waals surface area (Å²) in [6.07, 6.45) is 1.26. The Hall–Kier alpha value is -3.16. The highest BCUT2D eigenvalue weighted by atomic mass is 16.5. The Morgan fingerprint density at radius 1 is 1.36 bits per heavy atom. The van der Waals surface area contributed by atoms with Gasteiger partial charge in [0, 0.05) is 5.56 Å². The third-order valence-electron chi connectivity index (χ3n) is 3.24. The molecule has 0 radical (unpaired) electrons. The molecule has 2 heterocycles. The number of aromatic nitrogens is 4. The lowest BCUT2D eigenvalue weighted by molar-refractivity contribution is 0.0965. The number of carbonyl (C=O) groups is 1. The average Bonchev–Trinajstić information content (AvgIpc) is 3.02. The fourth-order valence-corrected chi connectivity index (χ4v) is 2.13. The van der Waals surface area contributed by atoms with Crippen LogP contribution in [0.25, 0.3) is 11.0 Å². The van der Waals surface area contributed by atoms with Crippen LogP contribution in [0.1, 0.15) is 10.4 Å². The molecule has 0 atom stereocenters. The predicted octanol–water partition coefficient (Wildman–Crippen LogP) is 0.304. The molecule has 0 saturated carbocycles. The van der Waals surface area contributed by atoms with Gasteiger partial charge in [-0.1, -0.05) is 12.1 Å². The van der Waals surface area contributed by atoms with E-state index in [2.05, 4.69) is 15.1 Å². The highest BCUT2D eigenvalue weighted by Crippen LogP contribution is 2.13. The quantitative estimate of drug-likeness (QED) is 0.674. The molecule has 0 amide bonds. The molecule has 22 heavy (non-hydrogen) atoms. The number of hydrogen-bond acceptors (Lipinski definition) is 5. The van der Waals surface area contributed by atoms with Crippen molar-refractivity contribution < 1.29 is 9.53 Å². The lowest BCUT2D eigenvalue weighted by Gasteiger charge is -2.06. The van der Waals surface area contributed by atoms with Crippen LogP contribution in [-0.4, -0.2) is 32.6 Å². The number of Topliss-reactive ketones (excluding diaryl/α,β-unsaturated/α-hetero) is 1. The second kappa shape index (κ2) is 5.32. The summed E-state index contributed by atoms with van der Waals surface area (Å²) in [5, 5.41) is 2.35. The number of H-pyrrole nitrogens is 2. The molecular formula is C14H12N4O4. The van der Waals surface area contributed by atoms with Crippen LogP contribution in [-0.2, 0) is 6.54 Å². The number of nitrogens with one attached hydrogen (secondary N) is 2. The lowest BCUT2D eigenvalue weighted by atomic mass is 10.1. The number of fused-ring (bicyclic) bond motifs is 1. The summed E-state index contributed by atoms with van der Waals surface area (Å²) in [4.78, 5) is 42.6. The summed E-state index contributed by atoms with van der Waals surface area (Å²) < 4.78 is 6.02. The Bertz CT molecular complexity index is 967. The minimum Gasteiger partial charge on any atom is -0.497 e. The fraction of sp³-hybridized carbons (Fsp3) is 0.143. The minimum atomic E-state index is -0.533. The van der Waals surface area contributed by atoms with Crippen LogP contribution in [0.2, 0.25) is 0 Å². The highest BCUT2D eigenvalue weighted by Gasteiger charge is 2.13. The van der Waals surface area contributed by atoms with Gasteiger partial charge in [-0.15, -0.1) is 0 Å². The van der Waals surface area contributed by atoms with Gasteiger partial charge in [0.1, 0.15) is 17.8 Å². The molecule has 0 aliphatic carbocycles. The van der Waals surface area contributed by atoms with Crippen molar-refractivity contribution in [1.29, 1.82) is 0 Å². The van der Waals surface area contributed by atoms with Crippen molar-refractivity contribution >= 4 is 16.8 Å². The third kappa shape index (κ3) is 2.30. The van der Waals surface area contributed by atoms with Gasteiger partial charge in [-0.05, 0) is 12.1 Å². The van der Waals surface area contributed by atoms with Crippen molar-refractivity contribution in [2.45, 2.75) is 6.54 Å². The average molecular weight is 300 g/mol. The molecule has 8 nitrogen and oxygen atoms in total. The number of ketones is 1. The predicted molar refractivity (Wildman–Crippen MR) is 78.3 cm³/mol. The molecule has 3 rings (SSSR count). The molecule has 0 spiro atoms. The van der Waals surface area contributed by atoms with E-state index in [0.29, 0.717) is 11.3 Å². The van der Waals surface area contributed by atoms with Crippen molar-refractivity contribution in [3.05, 3.63) is 56.9 Å². The molecule has 0 bridgehead atoms. The molecule has 0 unspecified atom stereocenters. The minimum absolute atomic E-state index is 0.0232. The van der Waals surface area contributed by atoms with Gasteiger partial charge in [0.2, 0.25) is 0 Å². The van der Waals surface area contributed by atoms with Crippen LogP contribution in [0.4, 0.5) is 0 Å². The van der Waals surface area contributed by atoms with E-state index in [0.717, 1.165) is 4.68 Å². The number of benzene rings is 1. The fourth-order valence-electron chi connectivity index (χ4n) is 2.13. The van der Waals surface area contributed by atoms with E-state index in [1.165, 1.54) is 13.4 Å². The van der Waals surface area contributed by atoms with Crippen molar-refractivity contribution in [3.8, 4) is 5.75 Å². The van der Waals surface area contributed by atoms with Gasteiger partial charge in [-0.2, -0.15) is 0 Å². The van der Waals surface area contributed by atoms with E-state index >= 15 is 0 Å². The van der Waals surface area contributed by atoms with Gasteiger partial charge in [-0.3, -0.25) is 19.5 Å². The van der Waals surface area contributed by atoms with Gasteiger partial charge >= 0.3 is 0 Å². The molecule has 0 aliphatic heterocycles. The summed E-state index contributed by atoms with van der Waals surface area (Å²) in [6.45, 7) is -0.282. The second-order valence-electron chi connectivity index (χ2n) is 4.61. The van der Waals surface area contributed by atoms with Crippen LogP contribution in [0.3, 0.4) is 0 Å². The number of nitrogens with zero attached hydrogens (tertiary/aromatic N) is 2. The van der Waals surface area contributed by atoms with E-state index < -0.39 is 11.1 Å². The molecule has 0 aliphatic rings. The van der Waals surface area contributed by atoms with Crippen LogP contribution in [0.5, 0.6) is 5.75 Å². The third-order valence-corrected chi connectivity index (χ3v) is 3.24. The maximum Gasteiger partial charge on any atom is 0.291 e. The summed E-state index contributed by atoms with van der Waals surface area (Å²) in [7, 11) is 1.50. The molecule has 0 saturated heterocycles. The monoisotopic (exact) mass is 300 g/mol. The van der Waals surface area contributed by atoms with Crippen LogP contribution < -0.4 is 15.9 Å². The van der Waals surface area contributed by atoms with Gasteiger partial charge in [-0.25, -0.2) is 9.67 Å². The van der Waals surface area contributed by atoms with Gasteiger partial charge < -0.3 is 9.72 Å². The first-order chi connectivity index (χ1) is 10.6. The zero-order valence-electron chi connectivity index (χ0n) is 11.6. The van der Waals surface area contributed by atoms with E-state index in [4.69, 9.17) is 4.74 Å². The SMILES string of the molecule is COc1cccc(C(=O)Cn2[nH]c(=O)c3nc[nH]c3c2=O)c1. The van der Waals surface area contributed by atoms with Crippen LogP contribution >= 0.6 is 0 Å². The van der Waals surface area contributed by atoms with E-state index in [9.17, 15) is 14.4 Å². The van der Waals surface area contributed by atoms with Gasteiger partial charge in [0.15, 0.2) is 11.3 Å².